The zero-order chi connectivity index (χ0) is 17.3. The van der Waals surface area contributed by atoms with Gasteiger partial charge in [0, 0.05) is 32.4 Å². The van der Waals surface area contributed by atoms with E-state index in [1.54, 1.807) is 46.4 Å². The second kappa shape index (κ2) is 6.95. The van der Waals surface area contributed by atoms with Gasteiger partial charge in [-0.3, -0.25) is 9.48 Å². The molecule has 1 unspecified atom stereocenters. The summed E-state index contributed by atoms with van der Waals surface area (Å²) in [5.74, 6) is -0.0567. The van der Waals surface area contributed by atoms with E-state index in [0.29, 0.717) is 30.4 Å². The van der Waals surface area contributed by atoms with E-state index < -0.39 is 16.1 Å². The van der Waals surface area contributed by atoms with Crippen LogP contribution in [0.15, 0.2) is 38.6 Å². The first-order chi connectivity index (χ1) is 11.4. The van der Waals surface area contributed by atoms with Crippen molar-refractivity contribution < 1.29 is 13.2 Å². The Hall–Kier alpha value is -1.23. The first-order valence-corrected chi connectivity index (χ1v) is 10.5. The van der Waals surface area contributed by atoms with Crippen molar-refractivity contribution in [1.82, 2.24) is 19.0 Å². The minimum Gasteiger partial charge on any atom is -0.338 e. The topological polar surface area (TPSA) is 75.5 Å². The monoisotopic (exact) mass is 432 g/mol. The SMILES string of the molecule is CC(C(=O)N1CCN(S(=O)(=O)c2cccs2)CC1)n1cc(Br)cn1. The Kier molecular flexibility index (Phi) is 5.09. The van der Waals surface area contributed by atoms with Gasteiger partial charge >= 0.3 is 0 Å². The number of hydrogen-bond acceptors (Lipinski definition) is 5. The molecule has 0 spiro atoms. The fourth-order valence-corrected chi connectivity index (χ4v) is 5.46. The van der Waals surface area contributed by atoms with E-state index in [9.17, 15) is 13.2 Å². The number of rotatable bonds is 4. The van der Waals surface area contributed by atoms with Crippen LogP contribution in [0.5, 0.6) is 0 Å². The van der Waals surface area contributed by atoms with Crippen molar-refractivity contribution in [1.29, 1.82) is 0 Å². The molecule has 0 bridgehead atoms. The van der Waals surface area contributed by atoms with E-state index in [-0.39, 0.29) is 5.91 Å². The predicted octanol–water partition coefficient (Wildman–Crippen LogP) is 1.80. The highest BCUT2D eigenvalue weighted by atomic mass is 79.9. The van der Waals surface area contributed by atoms with Crippen LogP contribution in [0.2, 0.25) is 0 Å². The molecule has 0 aromatic carbocycles. The Balaban J connectivity index is 1.64. The van der Waals surface area contributed by atoms with Crippen molar-refractivity contribution >= 4 is 43.2 Å². The third kappa shape index (κ3) is 3.41. The van der Waals surface area contributed by atoms with Gasteiger partial charge in [-0.2, -0.15) is 9.40 Å². The molecule has 2 aromatic rings. The molecule has 1 amide bonds. The van der Waals surface area contributed by atoms with Gasteiger partial charge in [-0.1, -0.05) is 6.07 Å². The van der Waals surface area contributed by atoms with Gasteiger partial charge in [-0.15, -0.1) is 11.3 Å². The van der Waals surface area contributed by atoms with Gasteiger partial charge in [0.25, 0.3) is 10.0 Å². The Morgan fingerprint density at radius 3 is 2.58 bits per heavy atom. The van der Waals surface area contributed by atoms with E-state index in [4.69, 9.17) is 0 Å². The van der Waals surface area contributed by atoms with Crippen molar-refractivity contribution in [2.75, 3.05) is 26.2 Å². The lowest BCUT2D eigenvalue weighted by Gasteiger charge is -2.35. The molecular weight excluding hydrogens is 416 g/mol. The lowest BCUT2D eigenvalue weighted by molar-refractivity contribution is -0.135. The van der Waals surface area contributed by atoms with Crippen LogP contribution in [0.1, 0.15) is 13.0 Å². The number of halogens is 1. The largest absolute Gasteiger partial charge is 0.338 e. The molecule has 3 heterocycles. The van der Waals surface area contributed by atoms with Crippen LogP contribution in [-0.4, -0.2) is 59.5 Å². The van der Waals surface area contributed by atoms with Gasteiger partial charge in [-0.25, -0.2) is 8.42 Å². The molecule has 1 fully saturated rings. The molecule has 0 radical (unpaired) electrons. The molecule has 24 heavy (non-hydrogen) atoms. The van der Waals surface area contributed by atoms with Gasteiger partial charge in [0.15, 0.2) is 0 Å². The zero-order valence-corrected chi connectivity index (χ0v) is 16.2. The maximum Gasteiger partial charge on any atom is 0.252 e. The zero-order valence-electron chi connectivity index (χ0n) is 13.0. The molecule has 1 saturated heterocycles. The van der Waals surface area contributed by atoms with Crippen molar-refractivity contribution in [3.8, 4) is 0 Å². The summed E-state index contributed by atoms with van der Waals surface area (Å²) in [6, 6.07) is 2.91. The fourth-order valence-electron chi connectivity index (χ4n) is 2.59. The number of amides is 1. The number of piperazine rings is 1. The second-order valence-electron chi connectivity index (χ2n) is 5.48. The minimum atomic E-state index is -3.45. The number of nitrogens with zero attached hydrogens (tertiary/aromatic N) is 4. The Bertz CT molecular complexity index is 811. The number of hydrogen-bond donors (Lipinski definition) is 0. The van der Waals surface area contributed by atoms with E-state index >= 15 is 0 Å². The van der Waals surface area contributed by atoms with Crippen LogP contribution in [0, 0.1) is 0 Å². The highest BCUT2D eigenvalue weighted by Gasteiger charge is 2.32. The maximum atomic E-state index is 12.6. The molecule has 2 aromatic heterocycles. The predicted molar refractivity (Wildman–Crippen MR) is 94.3 cm³/mol. The number of carbonyl (C=O) groups excluding carboxylic acids is 1. The molecular formula is C14H17BrN4O3S2. The quantitative estimate of drug-likeness (QED) is 0.737. The molecule has 130 valence electrons. The van der Waals surface area contributed by atoms with Gasteiger partial charge in [0.2, 0.25) is 5.91 Å². The van der Waals surface area contributed by atoms with Crippen LogP contribution in [0.3, 0.4) is 0 Å². The first-order valence-electron chi connectivity index (χ1n) is 7.41. The summed E-state index contributed by atoms with van der Waals surface area (Å²) in [6.07, 6.45) is 3.38. The van der Waals surface area contributed by atoms with E-state index in [0.717, 1.165) is 4.47 Å². The summed E-state index contributed by atoms with van der Waals surface area (Å²) in [5, 5.41) is 5.88. The number of aromatic nitrogens is 2. The highest BCUT2D eigenvalue weighted by Crippen LogP contribution is 2.23. The smallest absolute Gasteiger partial charge is 0.252 e. The van der Waals surface area contributed by atoms with Crippen molar-refractivity contribution in [2.24, 2.45) is 0 Å². The van der Waals surface area contributed by atoms with Crippen LogP contribution >= 0.6 is 27.3 Å². The van der Waals surface area contributed by atoms with Crippen LogP contribution in [0.25, 0.3) is 0 Å². The summed E-state index contributed by atoms with van der Waals surface area (Å²) < 4.78 is 29.2. The van der Waals surface area contributed by atoms with Gasteiger partial charge in [-0.05, 0) is 34.3 Å². The maximum absolute atomic E-state index is 12.6. The molecule has 1 aliphatic heterocycles. The number of sulfonamides is 1. The summed E-state index contributed by atoms with van der Waals surface area (Å²) in [6.45, 7) is 3.17. The minimum absolute atomic E-state index is 0.0567. The lowest BCUT2D eigenvalue weighted by Crippen LogP contribution is -2.51. The van der Waals surface area contributed by atoms with E-state index in [1.807, 2.05) is 0 Å². The molecule has 10 heteroatoms. The molecule has 1 aliphatic rings. The van der Waals surface area contributed by atoms with Crippen molar-refractivity contribution in [3.63, 3.8) is 0 Å². The highest BCUT2D eigenvalue weighted by molar-refractivity contribution is 9.10. The third-order valence-electron chi connectivity index (χ3n) is 3.96. The Morgan fingerprint density at radius 2 is 2.04 bits per heavy atom. The van der Waals surface area contributed by atoms with E-state index in [1.165, 1.54) is 15.6 Å². The van der Waals surface area contributed by atoms with Crippen LogP contribution < -0.4 is 0 Å². The molecule has 1 atom stereocenters. The number of carbonyl (C=O) groups is 1. The lowest BCUT2D eigenvalue weighted by atomic mass is 10.2. The fraction of sp³-hybridized carbons (Fsp3) is 0.429. The Labute approximate surface area is 153 Å². The second-order valence-corrected chi connectivity index (χ2v) is 9.50. The van der Waals surface area contributed by atoms with Gasteiger partial charge in [0.05, 0.1) is 10.7 Å². The summed E-state index contributed by atoms with van der Waals surface area (Å²) in [7, 11) is -3.45. The summed E-state index contributed by atoms with van der Waals surface area (Å²) >= 11 is 4.52. The molecule has 0 saturated carbocycles. The van der Waals surface area contributed by atoms with Crippen LogP contribution in [0.4, 0.5) is 0 Å². The van der Waals surface area contributed by atoms with Crippen molar-refractivity contribution in [3.05, 3.63) is 34.4 Å². The first kappa shape index (κ1) is 17.6. The van der Waals surface area contributed by atoms with Gasteiger partial charge in [0.1, 0.15) is 10.3 Å². The standard InChI is InChI=1S/C14H17BrN4O3S2/c1-11(19-10-12(15)9-16-19)14(20)17-4-6-18(7-5-17)24(21,22)13-3-2-8-23-13/h2-3,8-11H,4-7H2,1H3. The average Bonchev–Trinajstić information content (AvgIpc) is 3.25. The van der Waals surface area contributed by atoms with Crippen molar-refractivity contribution in [2.45, 2.75) is 17.2 Å². The van der Waals surface area contributed by atoms with Crippen LogP contribution in [-0.2, 0) is 14.8 Å². The molecule has 7 nitrogen and oxygen atoms in total. The summed E-state index contributed by atoms with van der Waals surface area (Å²) in [4.78, 5) is 14.3. The van der Waals surface area contributed by atoms with Gasteiger partial charge < -0.3 is 4.90 Å². The normalized spacial score (nSPS) is 17.8. The third-order valence-corrected chi connectivity index (χ3v) is 7.64. The van der Waals surface area contributed by atoms with E-state index in [2.05, 4.69) is 21.0 Å². The molecule has 3 rings (SSSR count). The Morgan fingerprint density at radius 1 is 1.33 bits per heavy atom. The summed E-state index contributed by atoms with van der Waals surface area (Å²) in [5.41, 5.74) is 0. The molecule has 0 N–H and O–H groups in total. The number of thiophene rings is 1. The molecule has 0 aliphatic carbocycles. The average molecular weight is 433 g/mol.